The molecule has 0 spiro atoms. The minimum atomic E-state index is -0.0167. The van der Waals surface area contributed by atoms with Gasteiger partial charge in [0.15, 0.2) is 11.5 Å². The lowest BCUT2D eigenvalue weighted by atomic mass is 10.1. The third kappa shape index (κ3) is 3.03. The molecule has 6 heteroatoms. The fourth-order valence-electron chi connectivity index (χ4n) is 2.98. The fourth-order valence-corrected chi connectivity index (χ4v) is 2.98. The van der Waals surface area contributed by atoms with E-state index >= 15 is 0 Å². The van der Waals surface area contributed by atoms with Crippen molar-refractivity contribution in [2.75, 3.05) is 19.9 Å². The van der Waals surface area contributed by atoms with Crippen LogP contribution in [0.4, 0.5) is 0 Å². The van der Waals surface area contributed by atoms with Crippen LogP contribution < -0.4 is 9.47 Å². The van der Waals surface area contributed by atoms with Gasteiger partial charge >= 0.3 is 0 Å². The highest BCUT2D eigenvalue weighted by Crippen LogP contribution is 2.32. The number of amides is 1. The summed E-state index contributed by atoms with van der Waals surface area (Å²) in [6, 6.07) is 13.2. The topological polar surface area (TPSA) is 67.5 Å². The molecule has 0 saturated heterocycles. The summed E-state index contributed by atoms with van der Waals surface area (Å²) < 4.78 is 10.7. The third-order valence-electron chi connectivity index (χ3n) is 4.35. The number of hydrogen-bond acceptors (Lipinski definition) is 4. The van der Waals surface area contributed by atoms with Crippen LogP contribution in [0.3, 0.4) is 0 Å². The molecule has 0 aliphatic carbocycles. The van der Waals surface area contributed by atoms with Crippen LogP contribution in [0.15, 0.2) is 42.5 Å². The van der Waals surface area contributed by atoms with Crippen LogP contribution in [-0.4, -0.2) is 40.7 Å². The van der Waals surface area contributed by atoms with Crippen LogP contribution in [0.2, 0.25) is 0 Å². The summed E-state index contributed by atoms with van der Waals surface area (Å²) in [4.78, 5) is 22.4. The van der Waals surface area contributed by atoms with Crippen LogP contribution in [0.25, 0.3) is 11.0 Å². The number of ether oxygens (including phenoxy) is 2. The Kier molecular flexibility index (Phi) is 4.01. The normalized spacial score (nSPS) is 12.5. The maximum absolute atomic E-state index is 12.8. The standard InChI is InChI=1S/C19H19N3O3/c1-2-22(10-9-18-20-14-5-3-4-6-15(14)21-18)19(23)13-7-8-16-17(11-13)25-12-24-16/h3-8,11H,2,9-10,12H2,1H3,(H,20,21). The summed E-state index contributed by atoms with van der Waals surface area (Å²) in [6.07, 6.45) is 0.679. The molecule has 3 aromatic rings. The lowest BCUT2D eigenvalue weighted by Gasteiger charge is -2.20. The SMILES string of the molecule is CCN(CCc1nc2ccccc2[nH]1)C(=O)c1ccc2c(c1)OCO2. The van der Waals surface area contributed by atoms with Crippen molar-refractivity contribution in [2.45, 2.75) is 13.3 Å². The number of imidazole rings is 1. The zero-order chi connectivity index (χ0) is 17.2. The molecule has 2 aromatic carbocycles. The van der Waals surface area contributed by atoms with E-state index < -0.39 is 0 Å². The van der Waals surface area contributed by atoms with Gasteiger partial charge in [0.2, 0.25) is 6.79 Å². The van der Waals surface area contributed by atoms with Gasteiger partial charge in [-0.3, -0.25) is 4.79 Å². The molecule has 6 nitrogen and oxygen atoms in total. The summed E-state index contributed by atoms with van der Waals surface area (Å²) in [5.41, 5.74) is 2.57. The van der Waals surface area contributed by atoms with E-state index in [1.54, 1.807) is 18.2 Å². The van der Waals surface area contributed by atoms with Crippen LogP contribution in [-0.2, 0) is 6.42 Å². The van der Waals surface area contributed by atoms with E-state index in [9.17, 15) is 4.79 Å². The van der Waals surface area contributed by atoms with E-state index in [0.29, 0.717) is 36.6 Å². The van der Waals surface area contributed by atoms with Crippen molar-refractivity contribution >= 4 is 16.9 Å². The van der Waals surface area contributed by atoms with Gasteiger partial charge in [-0.1, -0.05) is 12.1 Å². The molecule has 1 aliphatic rings. The Labute approximate surface area is 145 Å². The maximum Gasteiger partial charge on any atom is 0.253 e. The largest absolute Gasteiger partial charge is 0.454 e. The van der Waals surface area contributed by atoms with Crippen molar-refractivity contribution in [3.8, 4) is 11.5 Å². The summed E-state index contributed by atoms with van der Waals surface area (Å²) in [7, 11) is 0. The van der Waals surface area contributed by atoms with Gasteiger partial charge in [-0.15, -0.1) is 0 Å². The van der Waals surface area contributed by atoms with Gasteiger partial charge < -0.3 is 19.4 Å². The van der Waals surface area contributed by atoms with Gasteiger partial charge in [0.05, 0.1) is 11.0 Å². The molecule has 25 heavy (non-hydrogen) atoms. The Balaban J connectivity index is 1.47. The van der Waals surface area contributed by atoms with Crippen molar-refractivity contribution in [2.24, 2.45) is 0 Å². The van der Waals surface area contributed by atoms with Crippen LogP contribution in [0.5, 0.6) is 11.5 Å². The molecule has 1 aliphatic heterocycles. The molecule has 0 saturated carbocycles. The van der Waals surface area contributed by atoms with Crippen LogP contribution in [0, 0.1) is 0 Å². The van der Waals surface area contributed by atoms with Crippen molar-refractivity contribution in [1.82, 2.24) is 14.9 Å². The zero-order valence-electron chi connectivity index (χ0n) is 14.0. The van der Waals surface area contributed by atoms with E-state index in [2.05, 4.69) is 9.97 Å². The van der Waals surface area contributed by atoms with Crippen molar-refractivity contribution in [1.29, 1.82) is 0 Å². The number of para-hydroxylation sites is 2. The molecule has 0 unspecified atom stereocenters. The quantitative estimate of drug-likeness (QED) is 0.777. The predicted octanol–water partition coefficient (Wildman–Crippen LogP) is 3.00. The first kappa shape index (κ1) is 15.5. The van der Waals surface area contributed by atoms with Gasteiger partial charge in [-0.2, -0.15) is 0 Å². The maximum atomic E-state index is 12.8. The van der Waals surface area contributed by atoms with Gasteiger partial charge in [0.25, 0.3) is 5.91 Å². The van der Waals surface area contributed by atoms with E-state index in [1.165, 1.54) is 0 Å². The Morgan fingerprint density at radius 3 is 2.88 bits per heavy atom. The number of benzene rings is 2. The number of carbonyl (C=O) groups excluding carboxylic acids is 1. The number of hydrogen-bond donors (Lipinski definition) is 1. The Morgan fingerprint density at radius 1 is 1.20 bits per heavy atom. The monoisotopic (exact) mass is 337 g/mol. The molecule has 0 bridgehead atoms. The predicted molar refractivity (Wildman–Crippen MR) is 93.9 cm³/mol. The number of likely N-dealkylation sites (N-methyl/N-ethyl adjacent to an activating group) is 1. The highest BCUT2D eigenvalue weighted by Gasteiger charge is 2.19. The number of H-pyrrole nitrogens is 1. The fraction of sp³-hybridized carbons (Fsp3) is 0.263. The molecule has 2 heterocycles. The van der Waals surface area contributed by atoms with Gasteiger partial charge in [0, 0.05) is 25.1 Å². The first-order valence-corrected chi connectivity index (χ1v) is 8.37. The third-order valence-corrected chi connectivity index (χ3v) is 4.35. The average Bonchev–Trinajstić information content (AvgIpc) is 3.27. The van der Waals surface area contributed by atoms with E-state index in [-0.39, 0.29) is 12.7 Å². The van der Waals surface area contributed by atoms with Crippen molar-refractivity contribution < 1.29 is 14.3 Å². The molecule has 0 radical (unpaired) electrons. The Morgan fingerprint density at radius 2 is 2.04 bits per heavy atom. The number of carbonyl (C=O) groups is 1. The molecular formula is C19H19N3O3. The highest BCUT2D eigenvalue weighted by atomic mass is 16.7. The lowest BCUT2D eigenvalue weighted by Crippen LogP contribution is -2.32. The molecule has 0 fully saturated rings. The number of rotatable bonds is 5. The zero-order valence-corrected chi connectivity index (χ0v) is 14.0. The first-order valence-electron chi connectivity index (χ1n) is 8.37. The second-order valence-corrected chi connectivity index (χ2v) is 5.90. The van der Waals surface area contributed by atoms with Gasteiger partial charge in [-0.25, -0.2) is 4.98 Å². The summed E-state index contributed by atoms with van der Waals surface area (Å²) in [6.45, 7) is 3.41. The number of aromatic amines is 1. The Hall–Kier alpha value is -3.02. The minimum absolute atomic E-state index is 0.0167. The number of aromatic nitrogens is 2. The Bertz CT molecular complexity index is 886. The molecule has 4 rings (SSSR count). The number of nitrogens with zero attached hydrogens (tertiary/aromatic N) is 2. The van der Waals surface area contributed by atoms with E-state index in [1.807, 2.05) is 36.1 Å². The van der Waals surface area contributed by atoms with Crippen LogP contribution >= 0.6 is 0 Å². The summed E-state index contributed by atoms with van der Waals surface area (Å²) in [5.74, 6) is 2.18. The molecule has 0 atom stereocenters. The molecular weight excluding hydrogens is 318 g/mol. The summed E-state index contributed by atoms with van der Waals surface area (Å²) >= 11 is 0. The lowest BCUT2D eigenvalue weighted by molar-refractivity contribution is 0.0765. The summed E-state index contributed by atoms with van der Waals surface area (Å²) in [5, 5.41) is 0. The van der Waals surface area contributed by atoms with Crippen molar-refractivity contribution in [3.63, 3.8) is 0 Å². The van der Waals surface area contributed by atoms with Crippen LogP contribution in [0.1, 0.15) is 23.1 Å². The smallest absolute Gasteiger partial charge is 0.253 e. The number of fused-ring (bicyclic) bond motifs is 2. The first-order chi connectivity index (χ1) is 12.2. The van der Waals surface area contributed by atoms with Gasteiger partial charge in [-0.05, 0) is 37.3 Å². The second kappa shape index (κ2) is 6.47. The molecule has 1 N–H and O–H groups in total. The van der Waals surface area contributed by atoms with Crippen molar-refractivity contribution in [3.05, 3.63) is 53.9 Å². The number of nitrogens with one attached hydrogen (secondary N) is 1. The molecule has 1 amide bonds. The van der Waals surface area contributed by atoms with E-state index in [4.69, 9.17) is 9.47 Å². The molecule has 1 aromatic heterocycles. The second-order valence-electron chi connectivity index (χ2n) is 5.90. The average molecular weight is 337 g/mol. The van der Waals surface area contributed by atoms with Gasteiger partial charge in [0.1, 0.15) is 5.82 Å². The molecule has 128 valence electrons. The van der Waals surface area contributed by atoms with E-state index in [0.717, 1.165) is 16.9 Å². The highest BCUT2D eigenvalue weighted by molar-refractivity contribution is 5.95. The minimum Gasteiger partial charge on any atom is -0.454 e.